The number of hydrogen-bond donors (Lipinski definition) is 3. The number of carbonyl (C=O) groups excluding carboxylic acids is 1. The van der Waals surface area contributed by atoms with Crippen molar-refractivity contribution < 1.29 is 9.90 Å². The van der Waals surface area contributed by atoms with Crippen LogP contribution in [0.1, 0.15) is 29.4 Å². The van der Waals surface area contributed by atoms with Crippen molar-refractivity contribution in [3.05, 3.63) is 4.88 Å². The number of anilines is 2. The van der Waals surface area contributed by atoms with Gasteiger partial charge in [0.15, 0.2) is 5.13 Å². The van der Waals surface area contributed by atoms with Crippen LogP contribution in [0.5, 0.6) is 0 Å². The van der Waals surface area contributed by atoms with Crippen molar-refractivity contribution in [3.63, 3.8) is 0 Å². The molecule has 1 aromatic rings. The molecule has 1 heterocycles. The molecule has 1 aliphatic carbocycles. The molecule has 0 aliphatic heterocycles. The molecule has 1 aromatic heterocycles. The molecule has 4 N–H and O–H groups in total. The fourth-order valence-electron chi connectivity index (χ4n) is 1.70. The summed E-state index contributed by atoms with van der Waals surface area (Å²) in [6.45, 7) is 3.44. The summed E-state index contributed by atoms with van der Waals surface area (Å²) >= 11 is 1.29. The van der Waals surface area contributed by atoms with E-state index in [0.717, 1.165) is 24.5 Å². The monoisotopic (exact) mass is 284 g/mol. The molecule has 0 bridgehead atoms. The number of aliphatic hydroxyl groups excluding tert-OH is 1. The summed E-state index contributed by atoms with van der Waals surface area (Å²) < 4.78 is 0. The van der Waals surface area contributed by atoms with Gasteiger partial charge in [0.2, 0.25) is 0 Å². The molecule has 0 radical (unpaired) electrons. The summed E-state index contributed by atoms with van der Waals surface area (Å²) in [5.41, 5.74) is 5.69. The maximum atomic E-state index is 12.1. The van der Waals surface area contributed by atoms with E-state index < -0.39 is 0 Å². The molecule has 0 saturated heterocycles. The Morgan fingerprint density at radius 3 is 2.84 bits per heavy atom. The Hall–Kier alpha value is -1.34. The second-order valence-corrected chi connectivity index (χ2v) is 6.04. The van der Waals surface area contributed by atoms with Gasteiger partial charge in [-0.1, -0.05) is 11.3 Å². The molecule has 0 unspecified atom stereocenters. The van der Waals surface area contributed by atoms with Crippen LogP contribution >= 0.6 is 11.3 Å². The number of amides is 1. The summed E-state index contributed by atoms with van der Waals surface area (Å²) in [4.78, 5) is 18.6. The Labute approximate surface area is 116 Å². The number of aromatic nitrogens is 1. The SMILES string of the molecule is CCN(C)c1nc(N)c(C(=O)NCC2(CO)CC2)s1. The highest BCUT2D eigenvalue weighted by atomic mass is 32.1. The largest absolute Gasteiger partial charge is 0.396 e. The number of carbonyl (C=O) groups is 1. The lowest BCUT2D eigenvalue weighted by atomic mass is 10.1. The van der Waals surface area contributed by atoms with Gasteiger partial charge in [0.25, 0.3) is 5.91 Å². The van der Waals surface area contributed by atoms with Gasteiger partial charge in [-0.05, 0) is 19.8 Å². The number of hydrogen-bond acceptors (Lipinski definition) is 6. The minimum Gasteiger partial charge on any atom is -0.396 e. The average molecular weight is 284 g/mol. The normalized spacial score (nSPS) is 16.2. The van der Waals surface area contributed by atoms with Crippen molar-refractivity contribution in [2.45, 2.75) is 19.8 Å². The summed E-state index contributed by atoms with van der Waals surface area (Å²) in [7, 11) is 1.91. The first-order valence-corrected chi connectivity index (χ1v) is 7.19. The molecule has 6 nitrogen and oxygen atoms in total. The van der Waals surface area contributed by atoms with E-state index in [-0.39, 0.29) is 23.7 Å². The molecule has 7 heteroatoms. The minimum atomic E-state index is -0.203. The van der Waals surface area contributed by atoms with Crippen molar-refractivity contribution in [2.75, 3.05) is 37.4 Å². The highest BCUT2D eigenvalue weighted by Crippen LogP contribution is 2.44. The molecule has 1 fully saturated rings. The molecular weight excluding hydrogens is 264 g/mol. The highest BCUT2D eigenvalue weighted by Gasteiger charge is 2.42. The van der Waals surface area contributed by atoms with Crippen LogP contribution < -0.4 is 16.0 Å². The second kappa shape index (κ2) is 5.34. The molecule has 1 amide bonds. The van der Waals surface area contributed by atoms with Crippen molar-refractivity contribution in [2.24, 2.45) is 5.41 Å². The highest BCUT2D eigenvalue weighted by molar-refractivity contribution is 7.18. The summed E-state index contributed by atoms with van der Waals surface area (Å²) in [6.07, 6.45) is 1.93. The number of nitrogens with one attached hydrogen (secondary N) is 1. The van der Waals surface area contributed by atoms with E-state index in [1.54, 1.807) is 0 Å². The standard InChI is InChI=1S/C12H20N4O2S/c1-3-16(2)11-15-9(13)8(19-11)10(18)14-6-12(7-17)4-5-12/h17H,3-7,13H2,1-2H3,(H,14,18). The van der Waals surface area contributed by atoms with E-state index in [1.807, 2.05) is 18.9 Å². The Morgan fingerprint density at radius 1 is 1.63 bits per heavy atom. The van der Waals surface area contributed by atoms with Crippen molar-refractivity contribution in [1.29, 1.82) is 0 Å². The van der Waals surface area contributed by atoms with Gasteiger partial charge in [-0.3, -0.25) is 4.79 Å². The first kappa shape index (κ1) is 14.1. The quantitative estimate of drug-likeness (QED) is 0.714. The molecule has 2 rings (SSSR count). The van der Waals surface area contributed by atoms with Crippen LogP contribution in [0.3, 0.4) is 0 Å². The number of thiazole rings is 1. The molecule has 0 aromatic carbocycles. The van der Waals surface area contributed by atoms with E-state index in [9.17, 15) is 9.90 Å². The van der Waals surface area contributed by atoms with E-state index in [1.165, 1.54) is 11.3 Å². The third-order valence-electron chi connectivity index (χ3n) is 3.57. The van der Waals surface area contributed by atoms with Crippen LogP contribution in [0.2, 0.25) is 0 Å². The Balaban J connectivity index is 2.00. The lowest BCUT2D eigenvalue weighted by Crippen LogP contribution is -2.31. The zero-order chi connectivity index (χ0) is 14.0. The summed E-state index contributed by atoms with van der Waals surface area (Å²) in [6, 6.07) is 0. The van der Waals surface area contributed by atoms with Gasteiger partial charge < -0.3 is 21.1 Å². The zero-order valence-electron chi connectivity index (χ0n) is 11.3. The molecule has 106 valence electrons. The zero-order valence-corrected chi connectivity index (χ0v) is 12.1. The molecular formula is C12H20N4O2S. The molecule has 0 atom stereocenters. The van der Waals surface area contributed by atoms with Crippen LogP contribution in [0, 0.1) is 5.41 Å². The van der Waals surface area contributed by atoms with Crippen molar-refractivity contribution in [1.82, 2.24) is 10.3 Å². The number of rotatable bonds is 6. The number of nitrogen functional groups attached to an aromatic ring is 1. The van der Waals surface area contributed by atoms with E-state index in [0.29, 0.717) is 11.4 Å². The maximum Gasteiger partial charge on any atom is 0.265 e. The number of nitrogens with two attached hydrogens (primary N) is 1. The molecule has 1 aliphatic rings. The molecule has 1 saturated carbocycles. The van der Waals surface area contributed by atoms with Crippen molar-refractivity contribution in [3.8, 4) is 0 Å². The third-order valence-corrected chi connectivity index (χ3v) is 4.75. The van der Waals surface area contributed by atoms with Gasteiger partial charge in [-0.15, -0.1) is 0 Å². The van der Waals surface area contributed by atoms with E-state index in [4.69, 9.17) is 5.73 Å². The lowest BCUT2D eigenvalue weighted by Gasteiger charge is -2.12. The lowest BCUT2D eigenvalue weighted by molar-refractivity contribution is 0.0940. The van der Waals surface area contributed by atoms with Gasteiger partial charge in [-0.2, -0.15) is 0 Å². The average Bonchev–Trinajstić information content (AvgIpc) is 3.10. The van der Waals surface area contributed by atoms with Crippen LogP contribution in [-0.2, 0) is 0 Å². The van der Waals surface area contributed by atoms with Crippen LogP contribution in [0.15, 0.2) is 0 Å². The van der Waals surface area contributed by atoms with Gasteiger partial charge in [0.05, 0.1) is 6.61 Å². The second-order valence-electron chi connectivity index (χ2n) is 5.07. The van der Waals surface area contributed by atoms with Crippen LogP contribution in [-0.4, -0.2) is 42.7 Å². The molecule has 0 spiro atoms. The van der Waals surface area contributed by atoms with Crippen molar-refractivity contribution >= 4 is 28.2 Å². The summed E-state index contributed by atoms with van der Waals surface area (Å²) in [5, 5.41) is 12.8. The predicted molar refractivity (Wildman–Crippen MR) is 76.6 cm³/mol. The molecule has 19 heavy (non-hydrogen) atoms. The fourth-order valence-corrected chi connectivity index (χ4v) is 2.62. The maximum absolute atomic E-state index is 12.1. The first-order valence-electron chi connectivity index (χ1n) is 6.38. The van der Waals surface area contributed by atoms with Crippen LogP contribution in [0.25, 0.3) is 0 Å². The number of nitrogens with zero attached hydrogens (tertiary/aromatic N) is 2. The first-order chi connectivity index (χ1) is 9.01. The van der Waals surface area contributed by atoms with E-state index >= 15 is 0 Å². The van der Waals surface area contributed by atoms with Gasteiger partial charge in [0.1, 0.15) is 10.7 Å². The van der Waals surface area contributed by atoms with Crippen LogP contribution in [0.4, 0.5) is 10.9 Å². The Morgan fingerprint density at radius 2 is 2.32 bits per heavy atom. The predicted octanol–water partition coefficient (Wildman–Crippen LogP) is 0.684. The topological polar surface area (TPSA) is 91.5 Å². The smallest absolute Gasteiger partial charge is 0.265 e. The van der Waals surface area contributed by atoms with Gasteiger partial charge in [0, 0.05) is 25.6 Å². The Kier molecular flexibility index (Phi) is 3.96. The van der Waals surface area contributed by atoms with Gasteiger partial charge in [-0.25, -0.2) is 4.98 Å². The van der Waals surface area contributed by atoms with Gasteiger partial charge >= 0.3 is 0 Å². The Bertz CT molecular complexity index is 470. The third kappa shape index (κ3) is 2.98. The minimum absolute atomic E-state index is 0.0991. The fraction of sp³-hybridized carbons (Fsp3) is 0.667. The summed E-state index contributed by atoms with van der Waals surface area (Å²) in [5.74, 6) is 0.0668. The van der Waals surface area contributed by atoms with E-state index in [2.05, 4.69) is 10.3 Å². The number of aliphatic hydroxyl groups is 1.